The zero-order chi connectivity index (χ0) is 8.81. The van der Waals surface area contributed by atoms with Crippen LogP contribution < -0.4 is 0 Å². The van der Waals surface area contributed by atoms with E-state index in [0.29, 0.717) is 6.10 Å². The van der Waals surface area contributed by atoms with Crippen LogP contribution in [0.4, 0.5) is 0 Å². The van der Waals surface area contributed by atoms with Crippen LogP contribution in [0.15, 0.2) is 24.3 Å². The fourth-order valence-corrected chi connectivity index (χ4v) is 1.07. The number of ether oxygens (including phenoxy) is 1. The predicted molar refractivity (Wildman–Crippen MR) is 47.9 cm³/mol. The van der Waals surface area contributed by atoms with Crippen molar-refractivity contribution < 1.29 is 9.53 Å². The second-order valence-corrected chi connectivity index (χ2v) is 2.78. The standard InChI is InChI=1S/C10H14O2/c1-2-3-4-6-9-10(12-9)7-5-8-11/h3-5,7-10H,2,6H2,1H3/b4-3-,7-5+/t9-,10-/m0/s1. The topological polar surface area (TPSA) is 29.6 Å². The van der Waals surface area contributed by atoms with Crippen LogP contribution in [0.1, 0.15) is 19.8 Å². The van der Waals surface area contributed by atoms with Crippen LogP contribution >= 0.6 is 0 Å². The SMILES string of the molecule is CC/C=C\C[C@@H]1O[C@H]1/C=C/C=O. The van der Waals surface area contributed by atoms with Gasteiger partial charge in [0.25, 0.3) is 0 Å². The van der Waals surface area contributed by atoms with Crippen molar-refractivity contribution in [2.45, 2.75) is 32.0 Å². The van der Waals surface area contributed by atoms with E-state index in [9.17, 15) is 4.79 Å². The minimum absolute atomic E-state index is 0.178. The number of hydrogen-bond acceptors (Lipinski definition) is 2. The maximum absolute atomic E-state index is 9.95. The number of carbonyl (C=O) groups is 1. The molecule has 1 rings (SSSR count). The Bertz CT molecular complexity index is 194. The van der Waals surface area contributed by atoms with Crippen LogP contribution in [0.25, 0.3) is 0 Å². The highest BCUT2D eigenvalue weighted by molar-refractivity contribution is 5.64. The highest BCUT2D eigenvalue weighted by Crippen LogP contribution is 2.26. The second-order valence-electron chi connectivity index (χ2n) is 2.78. The van der Waals surface area contributed by atoms with Gasteiger partial charge in [-0.3, -0.25) is 4.79 Å². The van der Waals surface area contributed by atoms with E-state index in [1.54, 1.807) is 6.08 Å². The molecule has 66 valence electrons. The summed E-state index contributed by atoms with van der Waals surface area (Å²) in [4.78, 5) is 9.95. The average Bonchev–Trinajstić information content (AvgIpc) is 2.81. The molecule has 0 aliphatic carbocycles. The summed E-state index contributed by atoms with van der Waals surface area (Å²) in [6.07, 6.45) is 10.8. The van der Waals surface area contributed by atoms with E-state index in [1.807, 2.05) is 0 Å². The molecule has 0 N–H and O–H groups in total. The molecule has 0 spiro atoms. The number of rotatable bonds is 5. The average molecular weight is 166 g/mol. The third kappa shape index (κ3) is 3.01. The van der Waals surface area contributed by atoms with Crippen molar-refractivity contribution in [3.8, 4) is 0 Å². The lowest BCUT2D eigenvalue weighted by Gasteiger charge is -1.82. The van der Waals surface area contributed by atoms with Crippen LogP contribution in [0.5, 0.6) is 0 Å². The minimum Gasteiger partial charge on any atom is -0.365 e. The molecule has 1 fully saturated rings. The number of epoxide rings is 1. The van der Waals surface area contributed by atoms with Crippen molar-refractivity contribution in [3.05, 3.63) is 24.3 Å². The van der Waals surface area contributed by atoms with E-state index in [2.05, 4.69) is 19.1 Å². The molecule has 0 saturated carbocycles. The maximum Gasteiger partial charge on any atom is 0.142 e. The lowest BCUT2D eigenvalue weighted by atomic mass is 10.2. The highest BCUT2D eigenvalue weighted by atomic mass is 16.6. The van der Waals surface area contributed by atoms with Crippen molar-refractivity contribution in [1.82, 2.24) is 0 Å². The van der Waals surface area contributed by atoms with Gasteiger partial charge in [0.05, 0.1) is 6.10 Å². The molecule has 1 aliphatic heterocycles. The number of allylic oxidation sites excluding steroid dienone is 2. The van der Waals surface area contributed by atoms with E-state index >= 15 is 0 Å². The molecule has 1 aliphatic rings. The quantitative estimate of drug-likeness (QED) is 0.270. The molecular weight excluding hydrogens is 152 g/mol. The Balaban J connectivity index is 2.11. The minimum atomic E-state index is 0.178. The molecule has 2 atom stereocenters. The fraction of sp³-hybridized carbons (Fsp3) is 0.500. The summed E-state index contributed by atoms with van der Waals surface area (Å²) in [6.45, 7) is 2.11. The summed E-state index contributed by atoms with van der Waals surface area (Å²) in [5.74, 6) is 0. The van der Waals surface area contributed by atoms with E-state index in [0.717, 1.165) is 19.1 Å². The summed E-state index contributed by atoms with van der Waals surface area (Å²) in [6, 6.07) is 0. The van der Waals surface area contributed by atoms with Gasteiger partial charge in [0.1, 0.15) is 12.4 Å². The summed E-state index contributed by atoms with van der Waals surface area (Å²) in [5, 5.41) is 0. The molecule has 0 aromatic carbocycles. The Labute approximate surface area is 72.9 Å². The van der Waals surface area contributed by atoms with Crippen molar-refractivity contribution in [2.75, 3.05) is 0 Å². The molecule has 1 saturated heterocycles. The normalized spacial score (nSPS) is 28.4. The lowest BCUT2D eigenvalue weighted by molar-refractivity contribution is -0.104. The molecule has 12 heavy (non-hydrogen) atoms. The first kappa shape index (κ1) is 9.20. The van der Waals surface area contributed by atoms with Crippen LogP contribution in [0.2, 0.25) is 0 Å². The molecule has 0 bridgehead atoms. The molecule has 0 unspecified atom stereocenters. The Kier molecular flexibility index (Phi) is 3.74. The highest BCUT2D eigenvalue weighted by Gasteiger charge is 2.34. The third-order valence-corrected chi connectivity index (χ3v) is 1.77. The van der Waals surface area contributed by atoms with Gasteiger partial charge in [-0.15, -0.1) is 0 Å². The van der Waals surface area contributed by atoms with Crippen LogP contribution in [0.3, 0.4) is 0 Å². The summed E-state index contributed by atoms with van der Waals surface area (Å²) in [5.41, 5.74) is 0. The monoisotopic (exact) mass is 166 g/mol. The van der Waals surface area contributed by atoms with E-state index in [-0.39, 0.29) is 6.10 Å². The van der Waals surface area contributed by atoms with Crippen molar-refractivity contribution in [1.29, 1.82) is 0 Å². The Morgan fingerprint density at radius 2 is 2.25 bits per heavy atom. The molecular formula is C10H14O2. The molecule has 0 amide bonds. The number of aldehydes is 1. The van der Waals surface area contributed by atoms with Crippen LogP contribution in [-0.4, -0.2) is 18.5 Å². The van der Waals surface area contributed by atoms with Crippen molar-refractivity contribution in [3.63, 3.8) is 0 Å². The van der Waals surface area contributed by atoms with Gasteiger partial charge >= 0.3 is 0 Å². The molecule has 2 nitrogen and oxygen atoms in total. The van der Waals surface area contributed by atoms with Crippen LogP contribution in [-0.2, 0) is 9.53 Å². The molecule has 0 radical (unpaired) electrons. The fourth-order valence-electron chi connectivity index (χ4n) is 1.07. The van der Waals surface area contributed by atoms with Gasteiger partial charge in [-0.2, -0.15) is 0 Å². The second kappa shape index (κ2) is 4.88. The first-order chi connectivity index (χ1) is 5.88. The largest absolute Gasteiger partial charge is 0.365 e. The molecule has 1 heterocycles. The zero-order valence-corrected chi connectivity index (χ0v) is 7.27. The smallest absolute Gasteiger partial charge is 0.142 e. The summed E-state index contributed by atoms with van der Waals surface area (Å²) in [7, 11) is 0. The Morgan fingerprint density at radius 3 is 2.92 bits per heavy atom. The van der Waals surface area contributed by atoms with Gasteiger partial charge < -0.3 is 4.74 Å². The first-order valence-corrected chi connectivity index (χ1v) is 4.31. The van der Waals surface area contributed by atoms with E-state index < -0.39 is 0 Å². The zero-order valence-electron chi connectivity index (χ0n) is 7.27. The van der Waals surface area contributed by atoms with Gasteiger partial charge in [0, 0.05) is 0 Å². The lowest BCUT2D eigenvalue weighted by Crippen LogP contribution is -1.87. The Hall–Kier alpha value is -0.890. The predicted octanol–water partition coefficient (Wildman–Crippen LogP) is 1.87. The van der Waals surface area contributed by atoms with E-state index in [4.69, 9.17) is 4.74 Å². The van der Waals surface area contributed by atoms with Gasteiger partial charge in [0.2, 0.25) is 0 Å². The maximum atomic E-state index is 9.95. The number of hydrogen-bond donors (Lipinski definition) is 0. The van der Waals surface area contributed by atoms with Crippen LogP contribution in [0, 0.1) is 0 Å². The summed E-state index contributed by atoms with van der Waals surface area (Å²) < 4.78 is 5.27. The first-order valence-electron chi connectivity index (χ1n) is 4.31. The molecule has 0 aromatic rings. The third-order valence-electron chi connectivity index (χ3n) is 1.77. The van der Waals surface area contributed by atoms with Gasteiger partial charge in [-0.05, 0) is 18.9 Å². The van der Waals surface area contributed by atoms with Crippen molar-refractivity contribution in [2.24, 2.45) is 0 Å². The van der Waals surface area contributed by atoms with Gasteiger partial charge in [0.15, 0.2) is 0 Å². The molecule has 2 heteroatoms. The Morgan fingerprint density at radius 1 is 1.42 bits per heavy atom. The number of carbonyl (C=O) groups excluding carboxylic acids is 1. The van der Waals surface area contributed by atoms with Gasteiger partial charge in [-0.1, -0.05) is 25.2 Å². The summed E-state index contributed by atoms with van der Waals surface area (Å²) >= 11 is 0. The van der Waals surface area contributed by atoms with E-state index in [1.165, 1.54) is 6.08 Å². The van der Waals surface area contributed by atoms with Gasteiger partial charge in [-0.25, -0.2) is 0 Å². The molecule has 0 aromatic heterocycles. The van der Waals surface area contributed by atoms with Crippen molar-refractivity contribution >= 4 is 6.29 Å².